The topological polar surface area (TPSA) is 49.7 Å². The van der Waals surface area contributed by atoms with Crippen molar-refractivity contribution in [1.29, 1.82) is 0 Å². The second kappa shape index (κ2) is 6.24. The molecule has 0 saturated heterocycles. The lowest BCUT2D eigenvalue weighted by Crippen LogP contribution is -2.35. The Morgan fingerprint density at radius 1 is 0.760 bits per heavy atom. The lowest BCUT2D eigenvalue weighted by molar-refractivity contribution is 0.161. The van der Waals surface area contributed by atoms with E-state index in [0.717, 1.165) is 16.7 Å². The van der Waals surface area contributed by atoms with E-state index in [2.05, 4.69) is 0 Å². The van der Waals surface area contributed by atoms with E-state index in [4.69, 9.17) is 4.74 Å². The third kappa shape index (κ3) is 2.76. The number of rotatable bonds is 3. The van der Waals surface area contributed by atoms with Crippen LogP contribution in [0.15, 0.2) is 84.9 Å². The molecule has 1 aliphatic heterocycles. The molecule has 3 nitrogen and oxygen atoms in total. The molecule has 25 heavy (non-hydrogen) atoms. The zero-order valence-corrected chi connectivity index (χ0v) is 13.5. The van der Waals surface area contributed by atoms with Crippen LogP contribution in [0.3, 0.4) is 0 Å². The molecule has 0 bridgehead atoms. The van der Waals surface area contributed by atoms with Gasteiger partial charge in [0.05, 0.1) is 0 Å². The third-order valence-electron chi connectivity index (χ3n) is 4.51. The molecular weight excluding hydrogens is 311 g/mol. The van der Waals surface area contributed by atoms with Crippen LogP contribution in [0, 0.1) is 0 Å². The van der Waals surface area contributed by atoms with Crippen LogP contribution in [0.4, 0.5) is 0 Å². The molecule has 0 atom stereocenters. The number of hydrogen-bond acceptors (Lipinski definition) is 3. The van der Waals surface area contributed by atoms with Gasteiger partial charge >= 0.3 is 7.12 Å². The lowest BCUT2D eigenvalue weighted by Gasteiger charge is -2.36. The van der Waals surface area contributed by atoms with Gasteiger partial charge in [-0.2, -0.15) is 0 Å². The van der Waals surface area contributed by atoms with E-state index in [-0.39, 0.29) is 0 Å². The number of benzene rings is 3. The molecule has 1 aliphatic rings. The van der Waals surface area contributed by atoms with Gasteiger partial charge in [0.15, 0.2) is 5.60 Å². The standard InChI is InChI=1S/C21H17BO3/c23-22(24)19-11-12-20-16(15-19)13-14-21(25-20,17-7-3-1-4-8-17)18-9-5-2-6-10-18/h1-15,23-24H. The average molecular weight is 328 g/mol. The van der Waals surface area contributed by atoms with Crippen LogP contribution in [0.1, 0.15) is 16.7 Å². The van der Waals surface area contributed by atoms with Crippen LogP contribution in [-0.4, -0.2) is 17.2 Å². The van der Waals surface area contributed by atoms with Gasteiger partial charge in [-0.25, -0.2) is 0 Å². The summed E-state index contributed by atoms with van der Waals surface area (Å²) < 4.78 is 6.48. The van der Waals surface area contributed by atoms with Gasteiger partial charge in [-0.05, 0) is 17.6 Å². The molecular formula is C21H17BO3. The van der Waals surface area contributed by atoms with Crippen molar-refractivity contribution in [3.05, 3.63) is 102 Å². The van der Waals surface area contributed by atoms with Crippen molar-refractivity contribution in [2.45, 2.75) is 5.60 Å². The summed E-state index contributed by atoms with van der Waals surface area (Å²) in [4.78, 5) is 0. The molecule has 0 spiro atoms. The first-order chi connectivity index (χ1) is 12.2. The van der Waals surface area contributed by atoms with Crippen LogP contribution in [0.2, 0.25) is 0 Å². The monoisotopic (exact) mass is 328 g/mol. The first-order valence-electron chi connectivity index (χ1n) is 8.18. The highest BCUT2D eigenvalue weighted by atomic mass is 16.5. The maximum atomic E-state index is 9.37. The Morgan fingerprint density at radius 3 is 1.92 bits per heavy atom. The van der Waals surface area contributed by atoms with E-state index in [9.17, 15) is 10.0 Å². The molecule has 4 rings (SSSR count). The summed E-state index contributed by atoms with van der Waals surface area (Å²) >= 11 is 0. The first kappa shape index (κ1) is 15.7. The van der Waals surface area contributed by atoms with E-state index >= 15 is 0 Å². The molecule has 0 fully saturated rings. The zero-order chi connectivity index (χ0) is 17.3. The molecule has 0 aliphatic carbocycles. The van der Waals surface area contributed by atoms with E-state index in [0.29, 0.717) is 11.2 Å². The molecule has 1 heterocycles. The highest BCUT2D eigenvalue weighted by molar-refractivity contribution is 6.58. The summed E-state index contributed by atoms with van der Waals surface area (Å²) in [5, 5.41) is 18.7. The second-order valence-electron chi connectivity index (χ2n) is 6.07. The van der Waals surface area contributed by atoms with Gasteiger partial charge in [0.25, 0.3) is 0 Å². The van der Waals surface area contributed by atoms with Gasteiger partial charge in [-0.1, -0.05) is 78.9 Å². The molecule has 0 aromatic heterocycles. The second-order valence-corrected chi connectivity index (χ2v) is 6.07. The third-order valence-corrected chi connectivity index (χ3v) is 4.51. The van der Waals surface area contributed by atoms with Gasteiger partial charge in [-0.15, -0.1) is 0 Å². The quantitative estimate of drug-likeness (QED) is 0.727. The summed E-state index contributed by atoms with van der Waals surface area (Å²) in [5.41, 5.74) is 2.63. The summed E-state index contributed by atoms with van der Waals surface area (Å²) in [6, 6.07) is 25.3. The largest absolute Gasteiger partial charge is 0.488 e. The minimum absolute atomic E-state index is 0.443. The molecule has 0 amide bonds. The van der Waals surface area contributed by atoms with E-state index in [1.54, 1.807) is 18.2 Å². The van der Waals surface area contributed by atoms with Gasteiger partial charge in [0, 0.05) is 16.7 Å². The number of ether oxygens (including phenoxy) is 1. The van der Waals surface area contributed by atoms with Crippen LogP contribution in [-0.2, 0) is 5.60 Å². The Labute approximate surface area is 147 Å². The van der Waals surface area contributed by atoms with Gasteiger partial charge < -0.3 is 14.8 Å². The van der Waals surface area contributed by atoms with Crippen molar-refractivity contribution >= 4 is 18.7 Å². The van der Waals surface area contributed by atoms with Crippen molar-refractivity contribution < 1.29 is 14.8 Å². The molecule has 4 heteroatoms. The normalized spacial score (nSPS) is 14.5. The van der Waals surface area contributed by atoms with Crippen molar-refractivity contribution in [2.24, 2.45) is 0 Å². The number of fused-ring (bicyclic) bond motifs is 1. The Kier molecular flexibility index (Phi) is 3.92. The maximum Gasteiger partial charge on any atom is 0.488 e. The number of hydrogen-bond donors (Lipinski definition) is 2. The van der Waals surface area contributed by atoms with Gasteiger partial charge in [-0.3, -0.25) is 0 Å². The molecule has 0 saturated carbocycles. The molecule has 0 radical (unpaired) electrons. The van der Waals surface area contributed by atoms with E-state index in [1.807, 2.05) is 72.8 Å². The summed E-state index contributed by atoms with van der Waals surface area (Å²) in [6.45, 7) is 0. The summed E-state index contributed by atoms with van der Waals surface area (Å²) in [6.07, 6.45) is 4.00. The fourth-order valence-electron chi connectivity index (χ4n) is 3.21. The smallest absolute Gasteiger partial charge is 0.473 e. The van der Waals surface area contributed by atoms with Crippen molar-refractivity contribution in [3.8, 4) is 5.75 Å². The van der Waals surface area contributed by atoms with E-state index in [1.165, 1.54) is 0 Å². The predicted octanol–water partition coefficient (Wildman–Crippen LogP) is 2.72. The summed E-state index contributed by atoms with van der Waals surface area (Å²) in [7, 11) is -1.49. The maximum absolute atomic E-state index is 9.37. The fraction of sp³-hybridized carbons (Fsp3) is 0.0476. The predicted molar refractivity (Wildman–Crippen MR) is 99.6 cm³/mol. The zero-order valence-electron chi connectivity index (χ0n) is 13.5. The fourth-order valence-corrected chi connectivity index (χ4v) is 3.21. The minimum atomic E-state index is -1.49. The molecule has 3 aromatic carbocycles. The van der Waals surface area contributed by atoms with Crippen molar-refractivity contribution in [3.63, 3.8) is 0 Å². The summed E-state index contributed by atoms with van der Waals surface area (Å²) in [5.74, 6) is 0.708. The minimum Gasteiger partial charge on any atom is -0.473 e. The Morgan fingerprint density at radius 2 is 1.36 bits per heavy atom. The first-order valence-corrected chi connectivity index (χ1v) is 8.18. The van der Waals surface area contributed by atoms with Gasteiger partial charge in [0.1, 0.15) is 5.75 Å². The van der Waals surface area contributed by atoms with Crippen LogP contribution < -0.4 is 10.2 Å². The Balaban J connectivity index is 1.86. The highest BCUT2D eigenvalue weighted by Crippen LogP contribution is 2.41. The van der Waals surface area contributed by atoms with Crippen LogP contribution in [0.25, 0.3) is 6.08 Å². The average Bonchev–Trinajstić information content (AvgIpc) is 2.68. The Hall–Kier alpha value is -2.82. The van der Waals surface area contributed by atoms with Crippen LogP contribution >= 0.6 is 0 Å². The van der Waals surface area contributed by atoms with E-state index < -0.39 is 12.7 Å². The Bertz CT molecular complexity index is 865. The molecule has 3 aromatic rings. The van der Waals surface area contributed by atoms with Crippen molar-refractivity contribution in [1.82, 2.24) is 0 Å². The molecule has 0 unspecified atom stereocenters. The van der Waals surface area contributed by atoms with Crippen LogP contribution in [0.5, 0.6) is 5.75 Å². The van der Waals surface area contributed by atoms with Crippen molar-refractivity contribution in [2.75, 3.05) is 0 Å². The lowest BCUT2D eigenvalue weighted by atomic mass is 9.78. The SMILES string of the molecule is OB(O)c1ccc2c(c1)C=CC(c1ccccc1)(c1ccccc1)O2. The molecule has 122 valence electrons. The molecule has 2 N–H and O–H groups in total. The highest BCUT2D eigenvalue weighted by Gasteiger charge is 2.36. The van der Waals surface area contributed by atoms with Gasteiger partial charge in [0.2, 0.25) is 0 Å².